The van der Waals surface area contributed by atoms with Gasteiger partial charge in [0, 0.05) is 38.4 Å². The Kier molecular flexibility index (Phi) is 6.29. The molecule has 1 saturated heterocycles. The van der Waals surface area contributed by atoms with Gasteiger partial charge in [0.15, 0.2) is 0 Å². The molecule has 0 aliphatic carbocycles. The van der Waals surface area contributed by atoms with E-state index >= 15 is 0 Å². The van der Waals surface area contributed by atoms with Crippen molar-refractivity contribution in [3.8, 4) is 0 Å². The molecule has 0 spiro atoms. The van der Waals surface area contributed by atoms with E-state index in [1.54, 1.807) is 12.4 Å². The van der Waals surface area contributed by atoms with Crippen LogP contribution in [0.1, 0.15) is 48.1 Å². The van der Waals surface area contributed by atoms with Gasteiger partial charge in [-0.15, -0.1) is 0 Å². The fraction of sp³-hybridized carbons (Fsp3) is 0.409. The summed E-state index contributed by atoms with van der Waals surface area (Å²) in [6.45, 7) is 6.94. The largest absolute Gasteiger partial charge is 0.353 e. The third kappa shape index (κ3) is 4.88. The lowest BCUT2D eigenvalue weighted by molar-refractivity contribution is -0.119. The van der Waals surface area contributed by atoms with Crippen molar-refractivity contribution in [1.82, 2.24) is 20.5 Å². The predicted octanol–water partition coefficient (Wildman–Crippen LogP) is 3.10. The van der Waals surface area contributed by atoms with Gasteiger partial charge in [0.25, 0.3) is 0 Å². The van der Waals surface area contributed by atoms with Crippen molar-refractivity contribution in [2.45, 2.75) is 45.7 Å². The van der Waals surface area contributed by atoms with Crippen LogP contribution >= 0.6 is 0 Å². The zero-order chi connectivity index (χ0) is 20.1. The predicted molar refractivity (Wildman–Crippen MR) is 109 cm³/mol. The first-order valence-corrected chi connectivity index (χ1v) is 9.73. The van der Waals surface area contributed by atoms with Crippen LogP contribution < -0.4 is 10.6 Å². The number of urea groups is 1. The maximum absolute atomic E-state index is 12.9. The Bertz CT molecular complexity index is 830. The number of piperidine rings is 1. The van der Waals surface area contributed by atoms with Crippen LogP contribution in [0, 0.1) is 13.8 Å². The Morgan fingerprint density at radius 3 is 2.46 bits per heavy atom. The van der Waals surface area contributed by atoms with E-state index in [4.69, 9.17) is 0 Å². The van der Waals surface area contributed by atoms with Crippen molar-refractivity contribution in [2.24, 2.45) is 0 Å². The highest BCUT2D eigenvalue weighted by atomic mass is 16.2. The van der Waals surface area contributed by atoms with Crippen molar-refractivity contribution in [3.63, 3.8) is 0 Å². The summed E-state index contributed by atoms with van der Waals surface area (Å²) in [5.41, 5.74) is 4.40. The highest BCUT2D eigenvalue weighted by molar-refractivity contribution is 5.76. The number of likely N-dealkylation sites (tertiary alicyclic amines) is 1. The van der Waals surface area contributed by atoms with Crippen molar-refractivity contribution < 1.29 is 9.59 Å². The molecule has 28 heavy (non-hydrogen) atoms. The molecule has 148 valence electrons. The van der Waals surface area contributed by atoms with Gasteiger partial charge in [-0.3, -0.25) is 9.78 Å². The van der Waals surface area contributed by atoms with Crippen LogP contribution in [0.25, 0.3) is 0 Å². The van der Waals surface area contributed by atoms with Crippen molar-refractivity contribution in [2.75, 3.05) is 13.1 Å². The molecule has 2 heterocycles. The third-order valence-electron chi connectivity index (χ3n) is 5.34. The zero-order valence-electron chi connectivity index (χ0n) is 16.7. The number of carbonyl (C=O) groups excluding carboxylic acids is 2. The summed E-state index contributed by atoms with van der Waals surface area (Å²) in [6.07, 6.45) is 5.07. The fourth-order valence-electron chi connectivity index (χ4n) is 3.58. The molecule has 0 saturated carbocycles. The minimum absolute atomic E-state index is 0.0192. The number of aromatic nitrogens is 1. The fourth-order valence-corrected chi connectivity index (χ4v) is 3.58. The monoisotopic (exact) mass is 380 g/mol. The molecule has 1 aromatic carbocycles. The molecule has 1 fully saturated rings. The second kappa shape index (κ2) is 8.87. The average molecular weight is 380 g/mol. The Morgan fingerprint density at radius 1 is 1.11 bits per heavy atom. The minimum atomic E-state index is -0.256. The topological polar surface area (TPSA) is 74.3 Å². The quantitative estimate of drug-likeness (QED) is 0.856. The van der Waals surface area contributed by atoms with Crippen molar-refractivity contribution in [1.29, 1.82) is 0 Å². The van der Waals surface area contributed by atoms with E-state index in [-0.39, 0.29) is 24.0 Å². The van der Waals surface area contributed by atoms with Crippen LogP contribution in [-0.4, -0.2) is 41.0 Å². The van der Waals surface area contributed by atoms with E-state index in [1.807, 2.05) is 17.0 Å². The van der Waals surface area contributed by atoms with E-state index in [0.29, 0.717) is 13.1 Å². The van der Waals surface area contributed by atoms with E-state index in [0.717, 1.165) is 24.0 Å². The number of nitrogens with zero attached hydrogens (tertiary/aromatic N) is 2. The number of rotatable bonds is 4. The third-order valence-corrected chi connectivity index (χ3v) is 5.34. The molecule has 0 bridgehead atoms. The molecule has 0 unspecified atom stereocenters. The van der Waals surface area contributed by atoms with E-state index < -0.39 is 0 Å². The summed E-state index contributed by atoms with van der Waals surface area (Å²) in [5, 5.41) is 6.12. The van der Waals surface area contributed by atoms with Gasteiger partial charge < -0.3 is 15.5 Å². The van der Waals surface area contributed by atoms with Gasteiger partial charge in [-0.2, -0.15) is 0 Å². The van der Waals surface area contributed by atoms with Gasteiger partial charge in [0.1, 0.15) is 0 Å². The number of pyridine rings is 1. The molecular formula is C22H28N4O2. The molecule has 0 radical (unpaired) electrons. The molecule has 1 atom stereocenters. The summed E-state index contributed by atoms with van der Waals surface area (Å²) in [7, 11) is 0. The minimum Gasteiger partial charge on any atom is -0.353 e. The van der Waals surface area contributed by atoms with Crippen LogP contribution in [0.3, 0.4) is 0 Å². The lowest BCUT2D eigenvalue weighted by atomic mass is 9.96. The lowest BCUT2D eigenvalue weighted by Gasteiger charge is -2.33. The second-order valence-corrected chi connectivity index (χ2v) is 7.47. The molecule has 2 aromatic rings. The molecule has 1 aromatic heterocycles. The van der Waals surface area contributed by atoms with Crippen LogP contribution in [0.2, 0.25) is 0 Å². The number of carbonyl (C=O) groups is 2. The SMILES string of the molecule is CC(=O)NC1CCN(C(=O)N[C@H](c2cccnc2)c2ccc(C)c(C)c2)CC1. The molecule has 6 heteroatoms. The van der Waals surface area contributed by atoms with Crippen LogP contribution in [0.15, 0.2) is 42.7 Å². The number of amides is 3. The highest BCUT2D eigenvalue weighted by Crippen LogP contribution is 2.24. The normalized spacial score (nSPS) is 15.8. The lowest BCUT2D eigenvalue weighted by Crippen LogP contribution is -2.49. The summed E-state index contributed by atoms with van der Waals surface area (Å²) in [4.78, 5) is 30.2. The van der Waals surface area contributed by atoms with Gasteiger partial charge >= 0.3 is 6.03 Å². The highest BCUT2D eigenvalue weighted by Gasteiger charge is 2.26. The molecule has 2 N–H and O–H groups in total. The second-order valence-electron chi connectivity index (χ2n) is 7.47. The molecular weight excluding hydrogens is 352 g/mol. The molecule has 1 aliphatic heterocycles. The number of hydrogen-bond donors (Lipinski definition) is 2. The Labute approximate surface area is 166 Å². The summed E-state index contributed by atoms with van der Waals surface area (Å²) in [5.74, 6) is -0.0192. The molecule has 6 nitrogen and oxygen atoms in total. The number of nitrogens with one attached hydrogen (secondary N) is 2. The number of benzene rings is 1. The van der Waals surface area contributed by atoms with Gasteiger partial charge in [0.2, 0.25) is 5.91 Å². The summed E-state index contributed by atoms with van der Waals surface area (Å²) >= 11 is 0. The van der Waals surface area contributed by atoms with E-state index in [1.165, 1.54) is 18.1 Å². The standard InChI is InChI=1S/C22H28N4O2/c1-15-6-7-18(13-16(15)2)21(19-5-4-10-23-14-19)25-22(28)26-11-8-20(9-12-26)24-17(3)27/h4-7,10,13-14,20-21H,8-9,11-12H2,1-3H3,(H,24,27)(H,25,28)/t21-/m0/s1. The Balaban J connectivity index is 1.74. The van der Waals surface area contributed by atoms with Crippen LogP contribution in [-0.2, 0) is 4.79 Å². The Hall–Kier alpha value is -2.89. The molecule has 3 rings (SSSR count). The number of hydrogen-bond acceptors (Lipinski definition) is 3. The average Bonchev–Trinajstić information content (AvgIpc) is 2.69. The zero-order valence-corrected chi connectivity index (χ0v) is 16.7. The summed E-state index contributed by atoms with van der Waals surface area (Å²) < 4.78 is 0. The molecule has 1 aliphatic rings. The van der Waals surface area contributed by atoms with Gasteiger partial charge in [-0.1, -0.05) is 24.3 Å². The van der Waals surface area contributed by atoms with Gasteiger partial charge in [0.05, 0.1) is 6.04 Å². The van der Waals surface area contributed by atoms with E-state index in [9.17, 15) is 9.59 Å². The maximum atomic E-state index is 12.9. The first-order valence-electron chi connectivity index (χ1n) is 9.73. The number of aryl methyl sites for hydroxylation is 2. The van der Waals surface area contributed by atoms with Crippen LogP contribution in [0.4, 0.5) is 4.79 Å². The first-order chi connectivity index (χ1) is 13.4. The van der Waals surface area contributed by atoms with Crippen molar-refractivity contribution in [3.05, 3.63) is 65.0 Å². The van der Waals surface area contributed by atoms with Gasteiger partial charge in [-0.05, 0) is 55.0 Å². The molecule has 3 amide bonds. The van der Waals surface area contributed by atoms with E-state index in [2.05, 4.69) is 47.7 Å². The van der Waals surface area contributed by atoms with Gasteiger partial charge in [-0.25, -0.2) is 4.79 Å². The smallest absolute Gasteiger partial charge is 0.318 e. The van der Waals surface area contributed by atoms with Crippen molar-refractivity contribution >= 4 is 11.9 Å². The Morgan fingerprint density at radius 2 is 1.86 bits per heavy atom. The first kappa shape index (κ1) is 19.9. The summed E-state index contributed by atoms with van der Waals surface area (Å²) in [6, 6.07) is 9.93. The maximum Gasteiger partial charge on any atom is 0.318 e. The van der Waals surface area contributed by atoms with Crippen LogP contribution in [0.5, 0.6) is 0 Å².